The Hall–Kier alpha value is -0.120. The number of rotatable bonds is 2. The van der Waals surface area contributed by atoms with E-state index in [1.165, 1.54) is 0 Å². The van der Waals surface area contributed by atoms with Crippen molar-refractivity contribution in [2.45, 2.75) is 12.6 Å². The second-order valence-corrected chi connectivity index (χ2v) is 1.95. The van der Waals surface area contributed by atoms with Gasteiger partial charge in [0.2, 0.25) is 0 Å². The fourth-order valence-electron chi connectivity index (χ4n) is 0.887. The molecule has 0 unspecified atom stereocenters. The summed E-state index contributed by atoms with van der Waals surface area (Å²) in [5, 5.41) is 16.3. The Morgan fingerprint density at radius 1 is 1.38 bits per heavy atom. The van der Waals surface area contributed by atoms with Crippen LogP contribution < -0.4 is 10.6 Å². The molecule has 0 aliphatic carbocycles. The molecule has 0 aromatic carbocycles. The highest BCUT2D eigenvalue weighted by molar-refractivity contribution is 4.71. The zero-order chi connectivity index (χ0) is 5.82. The largest absolute Gasteiger partial charge is 0.301 e. The van der Waals surface area contributed by atoms with Crippen LogP contribution in [0, 0.1) is 0 Å². The highest BCUT2D eigenvalue weighted by Crippen LogP contribution is 1.89. The molecule has 2 N–H and O–H groups in total. The third kappa shape index (κ3) is 1.43. The van der Waals surface area contributed by atoms with Crippen LogP contribution in [0.25, 0.3) is 0 Å². The van der Waals surface area contributed by atoms with Crippen molar-refractivity contribution in [2.75, 3.05) is 19.7 Å². The van der Waals surface area contributed by atoms with Crippen LogP contribution in [0.3, 0.4) is 0 Å². The van der Waals surface area contributed by atoms with Crippen LogP contribution in [-0.2, 0) is 5.11 Å². The van der Waals surface area contributed by atoms with Gasteiger partial charge in [0.15, 0.2) is 0 Å². The van der Waals surface area contributed by atoms with E-state index in [-0.39, 0.29) is 6.61 Å². The van der Waals surface area contributed by atoms with Gasteiger partial charge in [0, 0.05) is 19.5 Å². The lowest BCUT2D eigenvalue weighted by atomic mass is 10.4. The molecule has 1 fully saturated rings. The molecule has 3 nitrogen and oxygen atoms in total. The molecular formula is C5H11N2O. The van der Waals surface area contributed by atoms with Crippen molar-refractivity contribution in [2.24, 2.45) is 0 Å². The average molecular weight is 115 g/mol. The Morgan fingerprint density at radius 3 is 2.50 bits per heavy atom. The van der Waals surface area contributed by atoms with Gasteiger partial charge < -0.3 is 10.6 Å². The van der Waals surface area contributed by atoms with Crippen molar-refractivity contribution >= 4 is 0 Å². The van der Waals surface area contributed by atoms with Crippen LogP contribution in [0.2, 0.25) is 0 Å². The molecule has 0 bridgehead atoms. The standard InChI is InChI=1S/C5H11N2O/c8-4-1-5-6-2-3-7-5/h5-7H,1-4H2. The van der Waals surface area contributed by atoms with E-state index in [1.54, 1.807) is 0 Å². The molecule has 0 saturated carbocycles. The molecule has 1 radical (unpaired) electrons. The van der Waals surface area contributed by atoms with E-state index >= 15 is 0 Å². The smallest absolute Gasteiger partial charge is 0.0849 e. The van der Waals surface area contributed by atoms with Gasteiger partial charge in [-0.15, -0.1) is 0 Å². The summed E-state index contributed by atoms with van der Waals surface area (Å²) in [6.07, 6.45) is 1.01. The van der Waals surface area contributed by atoms with Crippen molar-refractivity contribution in [1.29, 1.82) is 0 Å². The van der Waals surface area contributed by atoms with Gasteiger partial charge in [0.25, 0.3) is 0 Å². The first-order valence-electron chi connectivity index (χ1n) is 2.98. The molecule has 0 amide bonds. The maximum absolute atomic E-state index is 10.0. The fraction of sp³-hybridized carbons (Fsp3) is 1.00. The zero-order valence-corrected chi connectivity index (χ0v) is 4.81. The lowest BCUT2D eigenvalue weighted by molar-refractivity contribution is 0.176. The van der Waals surface area contributed by atoms with Gasteiger partial charge in [-0.3, -0.25) is 0 Å². The van der Waals surface area contributed by atoms with Crippen LogP contribution in [0.1, 0.15) is 6.42 Å². The van der Waals surface area contributed by atoms with Gasteiger partial charge in [-0.25, -0.2) is 5.11 Å². The third-order valence-electron chi connectivity index (χ3n) is 1.31. The van der Waals surface area contributed by atoms with Crippen molar-refractivity contribution < 1.29 is 5.11 Å². The van der Waals surface area contributed by atoms with E-state index in [9.17, 15) is 5.11 Å². The summed E-state index contributed by atoms with van der Waals surface area (Å²) in [5.74, 6) is 0. The molecule has 3 heteroatoms. The second kappa shape index (κ2) is 3.02. The quantitative estimate of drug-likeness (QED) is 0.501. The van der Waals surface area contributed by atoms with Gasteiger partial charge in [0.1, 0.15) is 0 Å². The van der Waals surface area contributed by atoms with Crippen molar-refractivity contribution in [3.63, 3.8) is 0 Å². The highest BCUT2D eigenvalue weighted by atomic mass is 16.3. The van der Waals surface area contributed by atoms with E-state index in [4.69, 9.17) is 0 Å². The van der Waals surface area contributed by atoms with Crippen molar-refractivity contribution in [3.05, 3.63) is 0 Å². The molecule has 1 aliphatic rings. The van der Waals surface area contributed by atoms with Gasteiger partial charge in [-0.2, -0.15) is 0 Å². The lowest BCUT2D eigenvalue weighted by Crippen LogP contribution is -2.31. The van der Waals surface area contributed by atoms with Gasteiger partial charge >= 0.3 is 0 Å². The number of hydrogen-bond acceptors (Lipinski definition) is 2. The first-order valence-corrected chi connectivity index (χ1v) is 2.98. The Morgan fingerprint density at radius 2 is 2.00 bits per heavy atom. The van der Waals surface area contributed by atoms with E-state index in [2.05, 4.69) is 10.6 Å². The Kier molecular flexibility index (Phi) is 2.27. The maximum atomic E-state index is 10.0. The molecular weight excluding hydrogens is 104 g/mol. The molecule has 47 valence electrons. The molecule has 0 atom stereocenters. The molecule has 1 rings (SSSR count). The zero-order valence-electron chi connectivity index (χ0n) is 4.81. The molecule has 1 aliphatic heterocycles. The molecule has 8 heavy (non-hydrogen) atoms. The third-order valence-corrected chi connectivity index (χ3v) is 1.31. The van der Waals surface area contributed by atoms with Crippen LogP contribution in [0.15, 0.2) is 0 Å². The van der Waals surface area contributed by atoms with Crippen LogP contribution in [0.4, 0.5) is 0 Å². The normalized spacial score (nSPS) is 22.1. The predicted octanol–water partition coefficient (Wildman–Crippen LogP) is -0.674. The Balaban J connectivity index is 2.06. The summed E-state index contributed by atoms with van der Waals surface area (Å²) in [4.78, 5) is 0. The van der Waals surface area contributed by atoms with E-state index in [0.717, 1.165) is 13.1 Å². The first-order chi connectivity index (χ1) is 3.93. The minimum absolute atomic E-state index is 0.0185. The van der Waals surface area contributed by atoms with E-state index in [0.29, 0.717) is 12.6 Å². The molecule has 0 spiro atoms. The monoisotopic (exact) mass is 115 g/mol. The van der Waals surface area contributed by atoms with Gasteiger partial charge in [-0.05, 0) is 0 Å². The minimum Gasteiger partial charge on any atom is -0.301 e. The molecule has 1 saturated heterocycles. The van der Waals surface area contributed by atoms with Crippen molar-refractivity contribution in [3.8, 4) is 0 Å². The second-order valence-electron chi connectivity index (χ2n) is 1.95. The maximum Gasteiger partial charge on any atom is 0.0849 e. The minimum atomic E-state index is 0.0185. The van der Waals surface area contributed by atoms with Crippen LogP contribution in [0.5, 0.6) is 0 Å². The number of nitrogens with one attached hydrogen (secondary N) is 2. The molecule has 1 heterocycles. The van der Waals surface area contributed by atoms with E-state index in [1.807, 2.05) is 0 Å². The average Bonchev–Trinajstić information content (AvgIpc) is 2.19. The van der Waals surface area contributed by atoms with Crippen LogP contribution in [-0.4, -0.2) is 25.9 Å². The topological polar surface area (TPSA) is 44.0 Å². The predicted molar refractivity (Wildman–Crippen MR) is 30.0 cm³/mol. The summed E-state index contributed by atoms with van der Waals surface area (Å²) in [6.45, 7) is 2.03. The Labute approximate surface area is 49.1 Å². The summed E-state index contributed by atoms with van der Waals surface area (Å²) in [5.41, 5.74) is 0. The summed E-state index contributed by atoms with van der Waals surface area (Å²) >= 11 is 0. The SMILES string of the molecule is [O]CCC1NCCN1. The summed E-state index contributed by atoms with van der Waals surface area (Å²) in [6, 6.07) is 0. The van der Waals surface area contributed by atoms with Crippen molar-refractivity contribution in [1.82, 2.24) is 10.6 Å². The first kappa shape index (κ1) is 6.01. The van der Waals surface area contributed by atoms with Gasteiger partial charge in [0.05, 0.1) is 12.8 Å². The number of hydrogen-bond donors (Lipinski definition) is 2. The lowest BCUT2D eigenvalue weighted by Gasteiger charge is -2.05. The molecule has 0 aromatic heterocycles. The fourth-order valence-corrected chi connectivity index (χ4v) is 0.887. The van der Waals surface area contributed by atoms with Crippen LogP contribution >= 0.6 is 0 Å². The highest BCUT2D eigenvalue weighted by Gasteiger charge is 2.10. The molecule has 0 aromatic rings. The summed E-state index contributed by atoms with van der Waals surface area (Å²) < 4.78 is 0. The Bertz CT molecular complexity index is 61.4. The summed E-state index contributed by atoms with van der Waals surface area (Å²) in [7, 11) is 0. The van der Waals surface area contributed by atoms with Gasteiger partial charge in [-0.1, -0.05) is 0 Å². The van der Waals surface area contributed by atoms with E-state index < -0.39 is 0 Å².